The summed E-state index contributed by atoms with van der Waals surface area (Å²) in [7, 11) is 0. The van der Waals surface area contributed by atoms with Crippen LogP contribution in [0, 0.1) is 17.8 Å². The lowest BCUT2D eigenvalue weighted by Crippen LogP contribution is -2.61. The Hall–Kier alpha value is -7.72. The summed E-state index contributed by atoms with van der Waals surface area (Å²) in [4.78, 5) is 177. The maximum Gasteiger partial charge on any atom is 0.326 e. The number of nitrogens with two attached hydrogens (primary N) is 2. The van der Waals surface area contributed by atoms with Crippen molar-refractivity contribution in [1.82, 2.24) is 57.4 Å². The van der Waals surface area contributed by atoms with Gasteiger partial charge >= 0.3 is 17.9 Å². The Balaban J connectivity index is 2.34. The van der Waals surface area contributed by atoms with Gasteiger partial charge in [-0.05, 0) is 49.9 Å². The molecule has 0 radical (unpaired) electrons. The number of hydrogen-bond donors (Lipinski definition) is 14. The van der Waals surface area contributed by atoms with Crippen molar-refractivity contribution in [1.29, 1.82) is 0 Å². The van der Waals surface area contributed by atoms with E-state index in [2.05, 4.69) is 52.5 Å². The van der Waals surface area contributed by atoms with Gasteiger partial charge in [-0.25, -0.2) is 9.78 Å². The lowest BCUT2D eigenvalue weighted by Gasteiger charge is -2.31. The van der Waals surface area contributed by atoms with Gasteiger partial charge in [0.15, 0.2) is 0 Å². The van der Waals surface area contributed by atoms with Gasteiger partial charge in [-0.15, -0.1) is 0 Å². The predicted molar refractivity (Wildman–Crippen MR) is 271 cm³/mol. The molecule has 16 N–H and O–H groups in total. The number of imidazole rings is 1. The van der Waals surface area contributed by atoms with Crippen molar-refractivity contribution in [2.75, 3.05) is 19.6 Å². The Bertz CT molecular complexity index is 2250. The number of aromatic nitrogens is 2. The summed E-state index contributed by atoms with van der Waals surface area (Å²) >= 11 is 0. The molecular formula is C48H77N13O16. The molecule has 2 rings (SSSR count). The van der Waals surface area contributed by atoms with Crippen LogP contribution in [-0.4, -0.2) is 175 Å². The lowest BCUT2D eigenvalue weighted by molar-refractivity contribution is -0.150. The molecule has 1 aromatic heterocycles. The molecule has 11 atom stereocenters. The van der Waals surface area contributed by atoms with Crippen LogP contribution in [0.4, 0.5) is 0 Å². The number of rotatable bonds is 35. The van der Waals surface area contributed by atoms with E-state index in [0.717, 1.165) is 0 Å². The zero-order chi connectivity index (χ0) is 58.1. The second-order valence-electron chi connectivity index (χ2n) is 19.1. The maximum atomic E-state index is 14.1. The summed E-state index contributed by atoms with van der Waals surface area (Å²) < 4.78 is 0. The van der Waals surface area contributed by atoms with Crippen LogP contribution in [0.25, 0.3) is 0 Å². The summed E-state index contributed by atoms with van der Waals surface area (Å²) in [5, 5.41) is 48.1. The van der Waals surface area contributed by atoms with Crippen LogP contribution in [-0.2, 0) is 68.7 Å². The van der Waals surface area contributed by atoms with Gasteiger partial charge in [0.1, 0.15) is 48.3 Å². The molecule has 0 saturated carbocycles. The fourth-order valence-corrected chi connectivity index (χ4v) is 8.08. The first-order valence-electron chi connectivity index (χ1n) is 25.6. The maximum absolute atomic E-state index is 14.1. The first-order chi connectivity index (χ1) is 36.3. The number of carbonyl (C=O) groups is 13. The molecule has 1 fully saturated rings. The Morgan fingerprint density at radius 1 is 0.623 bits per heavy atom. The number of likely N-dealkylation sites (tertiary alicyclic amines) is 1. The molecule has 29 nitrogen and oxygen atoms in total. The van der Waals surface area contributed by atoms with E-state index in [0.29, 0.717) is 18.5 Å². The van der Waals surface area contributed by atoms with Gasteiger partial charge in [-0.3, -0.25) is 57.5 Å². The number of aromatic amines is 1. The van der Waals surface area contributed by atoms with Crippen molar-refractivity contribution < 1.29 is 77.6 Å². The topological polar surface area (TPSA) is 463 Å². The molecule has 1 aliphatic rings. The molecule has 0 unspecified atom stereocenters. The molecule has 10 amide bonds. The molecule has 430 valence electrons. The van der Waals surface area contributed by atoms with Gasteiger partial charge in [-0.2, -0.15) is 0 Å². The molecule has 0 aliphatic carbocycles. The standard InChI is InChI=1S/C48H77N13O16/c1-7-24(4)38(45(73)52-22-35(64)55-31(19-27-21-51-23-53-27)44(72)60-40(26(6)9-3)47(75)61-18-10-11-32(61)48(76)77)58-42(70)29(12-15-33(50)62)57-46(74)39(25(5)8-2)59-43(71)30(14-17-37(67)68)56-41(69)28(13-16-36(65)66)54-34(63)20-49/h21,23-26,28-32,38-40H,7-20,22,49H2,1-6H3,(H2,50,62)(H,51,53)(H,52,73)(H,54,63)(H,55,64)(H,56,69)(H,57,74)(H,58,70)(H,59,71)(H,60,72)(H,65,66)(H,67,68)(H,76,77)/t24-,25-,26-,28-,29-,30-,31-,32-,38-,39-,40-/m0/s1. The van der Waals surface area contributed by atoms with Crippen molar-refractivity contribution in [2.24, 2.45) is 29.2 Å². The zero-order valence-corrected chi connectivity index (χ0v) is 44.3. The largest absolute Gasteiger partial charge is 0.481 e. The van der Waals surface area contributed by atoms with Crippen LogP contribution in [0.15, 0.2) is 12.5 Å². The van der Waals surface area contributed by atoms with Crippen LogP contribution in [0.2, 0.25) is 0 Å². The number of hydrogen-bond acceptors (Lipinski definition) is 15. The van der Waals surface area contributed by atoms with Crippen molar-refractivity contribution in [2.45, 2.75) is 167 Å². The minimum absolute atomic E-state index is 0.144. The highest BCUT2D eigenvalue weighted by molar-refractivity contribution is 5.98. The highest BCUT2D eigenvalue weighted by Gasteiger charge is 2.41. The average molecular weight is 1090 g/mol. The number of carbonyl (C=O) groups excluding carboxylic acids is 10. The van der Waals surface area contributed by atoms with E-state index >= 15 is 0 Å². The highest BCUT2D eigenvalue weighted by Crippen LogP contribution is 2.22. The number of nitrogens with one attached hydrogen (secondary N) is 9. The zero-order valence-electron chi connectivity index (χ0n) is 44.3. The van der Waals surface area contributed by atoms with E-state index in [4.69, 9.17) is 11.5 Å². The van der Waals surface area contributed by atoms with Crippen molar-refractivity contribution in [3.05, 3.63) is 18.2 Å². The van der Waals surface area contributed by atoms with Gasteiger partial charge in [0.05, 0.1) is 19.4 Å². The SMILES string of the molecule is CC[C@H](C)[C@H](NC(=O)[C@H](CCC(N)=O)NC(=O)[C@@H](NC(=O)[C@H](CCC(=O)O)NC(=O)[C@H](CCC(=O)O)NC(=O)CN)[C@@H](C)CC)C(=O)NCC(=O)N[C@@H](Cc1cnc[nH]1)C(=O)N[C@H](C(=O)N1CCC[C@H]1C(=O)O)[C@@H](C)CC. The van der Waals surface area contributed by atoms with E-state index in [1.165, 1.54) is 17.4 Å². The van der Waals surface area contributed by atoms with E-state index < -0.39 is 195 Å². The third-order valence-electron chi connectivity index (χ3n) is 13.3. The second kappa shape index (κ2) is 32.7. The normalized spacial score (nSPS) is 16.9. The first kappa shape index (κ1) is 65.4. The second-order valence-corrected chi connectivity index (χ2v) is 19.1. The number of amides is 10. The van der Waals surface area contributed by atoms with Gasteiger partial charge in [-0.1, -0.05) is 60.8 Å². The Morgan fingerprint density at radius 3 is 1.56 bits per heavy atom. The number of carboxylic acids is 3. The fourth-order valence-electron chi connectivity index (χ4n) is 8.08. The Morgan fingerprint density at radius 2 is 1.08 bits per heavy atom. The molecule has 1 saturated heterocycles. The smallest absolute Gasteiger partial charge is 0.326 e. The summed E-state index contributed by atoms with van der Waals surface area (Å²) in [5.74, 6) is -14.5. The number of H-pyrrole nitrogens is 1. The average Bonchev–Trinajstić information content (AvgIpc) is 4.11. The molecule has 77 heavy (non-hydrogen) atoms. The number of carboxylic acid groups (broad SMARTS) is 3. The van der Waals surface area contributed by atoms with Gasteiger partial charge in [0, 0.05) is 44.1 Å². The molecule has 1 aliphatic heterocycles. The molecule has 0 aromatic carbocycles. The van der Waals surface area contributed by atoms with Crippen LogP contribution >= 0.6 is 0 Å². The van der Waals surface area contributed by atoms with E-state index in [9.17, 15) is 77.6 Å². The first-order valence-corrected chi connectivity index (χ1v) is 25.6. The van der Waals surface area contributed by atoms with Crippen LogP contribution < -0.4 is 54.0 Å². The number of nitrogens with zero attached hydrogens (tertiary/aromatic N) is 2. The van der Waals surface area contributed by atoms with Crippen LogP contribution in [0.3, 0.4) is 0 Å². The highest BCUT2D eigenvalue weighted by atomic mass is 16.4. The number of primary amides is 1. The summed E-state index contributed by atoms with van der Waals surface area (Å²) in [5.41, 5.74) is 11.2. The fraction of sp³-hybridized carbons (Fsp3) is 0.667. The molecule has 1 aromatic rings. The molecular weight excluding hydrogens is 1010 g/mol. The molecule has 2 heterocycles. The van der Waals surface area contributed by atoms with Crippen molar-refractivity contribution in [3.8, 4) is 0 Å². The van der Waals surface area contributed by atoms with Gasteiger partial charge in [0.25, 0.3) is 0 Å². The van der Waals surface area contributed by atoms with E-state index in [1.807, 2.05) is 0 Å². The summed E-state index contributed by atoms with van der Waals surface area (Å²) in [6.45, 7) is 8.92. The van der Waals surface area contributed by atoms with E-state index in [-0.39, 0.29) is 32.2 Å². The summed E-state index contributed by atoms with van der Waals surface area (Å²) in [6, 6.07) is -11.2. The van der Waals surface area contributed by atoms with Crippen LogP contribution in [0.5, 0.6) is 0 Å². The van der Waals surface area contributed by atoms with Crippen molar-refractivity contribution in [3.63, 3.8) is 0 Å². The number of aliphatic carboxylic acids is 3. The third-order valence-corrected chi connectivity index (χ3v) is 13.3. The van der Waals surface area contributed by atoms with Crippen LogP contribution in [0.1, 0.15) is 118 Å². The predicted octanol–water partition coefficient (Wildman–Crippen LogP) is -3.37. The monoisotopic (exact) mass is 1090 g/mol. The Kier molecular flexibility index (Phi) is 27.7. The molecule has 0 spiro atoms. The molecule has 29 heteroatoms. The van der Waals surface area contributed by atoms with Crippen molar-refractivity contribution >= 4 is 77.0 Å². The molecule has 0 bridgehead atoms. The minimum Gasteiger partial charge on any atom is -0.481 e. The third kappa shape index (κ3) is 21.8. The van der Waals surface area contributed by atoms with E-state index in [1.54, 1.807) is 41.5 Å². The minimum atomic E-state index is -1.65. The van der Waals surface area contributed by atoms with Gasteiger partial charge < -0.3 is 79.2 Å². The quantitative estimate of drug-likeness (QED) is 0.0315. The lowest BCUT2D eigenvalue weighted by atomic mass is 9.96. The van der Waals surface area contributed by atoms with Gasteiger partial charge in [0.2, 0.25) is 59.1 Å². The Labute approximate surface area is 445 Å². The summed E-state index contributed by atoms with van der Waals surface area (Å²) in [6.07, 6.45) is 1.20.